The fourth-order valence-electron chi connectivity index (χ4n) is 2.44. The van der Waals surface area contributed by atoms with Gasteiger partial charge in [0.1, 0.15) is 0 Å². The lowest BCUT2D eigenvalue weighted by Crippen LogP contribution is -2.31. The van der Waals surface area contributed by atoms with Gasteiger partial charge in [-0.3, -0.25) is 4.79 Å². The van der Waals surface area contributed by atoms with E-state index in [1.54, 1.807) is 0 Å². The van der Waals surface area contributed by atoms with E-state index < -0.39 is 0 Å². The number of nitrogens with one attached hydrogen (secondary N) is 1. The van der Waals surface area contributed by atoms with E-state index in [-0.39, 0.29) is 16.5 Å². The van der Waals surface area contributed by atoms with Gasteiger partial charge in [0.2, 0.25) is 0 Å². The number of carbonyl (C=O) groups excluding carboxylic acids is 1. The predicted octanol–water partition coefficient (Wildman–Crippen LogP) is 4.97. The molecular weight excluding hydrogens is 290 g/mol. The highest BCUT2D eigenvalue weighted by molar-refractivity contribution is 8.13. The minimum atomic E-state index is 0.0232. The third kappa shape index (κ3) is 3.00. The molecule has 0 radical (unpaired) electrons. The lowest BCUT2D eigenvalue weighted by Gasteiger charge is -2.29. The highest BCUT2D eigenvalue weighted by Gasteiger charge is 2.29. The van der Waals surface area contributed by atoms with Gasteiger partial charge in [-0.2, -0.15) is 0 Å². The zero-order valence-electron chi connectivity index (χ0n) is 10.8. The van der Waals surface area contributed by atoms with Crippen LogP contribution in [0.25, 0.3) is 0 Å². The summed E-state index contributed by atoms with van der Waals surface area (Å²) in [7, 11) is 0. The molecule has 1 aliphatic rings. The Hall–Kier alpha value is -1.45. The quantitative estimate of drug-likeness (QED) is 0.848. The molecule has 0 unspecified atom stereocenters. The van der Waals surface area contributed by atoms with E-state index in [1.165, 1.54) is 11.8 Å². The van der Waals surface area contributed by atoms with Crippen molar-refractivity contribution in [3.05, 3.63) is 70.7 Å². The third-order valence-electron chi connectivity index (χ3n) is 3.41. The SMILES string of the molecule is O=C1N[C@H](c2ccccc2)C[C@H](c2cccc(Cl)c2)S1. The van der Waals surface area contributed by atoms with Crippen molar-refractivity contribution in [2.75, 3.05) is 0 Å². The summed E-state index contributed by atoms with van der Waals surface area (Å²) in [6.45, 7) is 0. The van der Waals surface area contributed by atoms with Gasteiger partial charge in [0.15, 0.2) is 0 Å². The average molecular weight is 304 g/mol. The highest BCUT2D eigenvalue weighted by atomic mass is 35.5. The Labute approximate surface area is 127 Å². The number of rotatable bonds is 2. The van der Waals surface area contributed by atoms with Crippen LogP contribution in [-0.4, -0.2) is 5.24 Å². The fourth-order valence-corrected chi connectivity index (χ4v) is 3.68. The maximum Gasteiger partial charge on any atom is 0.280 e. The van der Waals surface area contributed by atoms with Gasteiger partial charge >= 0.3 is 0 Å². The molecule has 0 spiro atoms. The lowest BCUT2D eigenvalue weighted by atomic mass is 9.98. The maximum atomic E-state index is 11.9. The van der Waals surface area contributed by atoms with Gasteiger partial charge < -0.3 is 5.32 Å². The van der Waals surface area contributed by atoms with Gasteiger partial charge in [-0.15, -0.1) is 0 Å². The molecule has 0 aliphatic carbocycles. The van der Waals surface area contributed by atoms with E-state index in [9.17, 15) is 4.79 Å². The van der Waals surface area contributed by atoms with E-state index in [1.807, 2.05) is 42.5 Å². The van der Waals surface area contributed by atoms with E-state index in [2.05, 4.69) is 17.4 Å². The van der Waals surface area contributed by atoms with Gasteiger partial charge in [-0.1, -0.05) is 65.8 Å². The Kier molecular flexibility index (Phi) is 3.99. The van der Waals surface area contributed by atoms with Gasteiger partial charge in [0, 0.05) is 10.3 Å². The summed E-state index contributed by atoms with van der Waals surface area (Å²) in [5, 5.41) is 3.92. The molecule has 1 saturated heterocycles. The molecule has 0 aromatic heterocycles. The molecule has 1 N–H and O–H groups in total. The lowest BCUT2D eigenvalue weighted by molar-refractivity contribution is 0.255. The zero-order chi connectivity index (χ0) is 13.9. The van der Waals surface area contributed by atoms with Crippen LogP contribution in [0, 0.1) is 0 Å². The Morgan fingerprint density at radius 1 is 1.05 bits per heavy atom. The average Bonchev–Trinajstić information content (AvgIpc) is 2.47. The Morgan fingerprint density at radius 3 is 2.55 bits per heavy atom. The third-order valence-corrected chi connectivity index (χ3v) is 4.73. The van der Waals surface area contributed by atoms with Crippen molar-refractivity contribution in [1.29, 1.82) is 0 Å². The molecule has 20 heavy (non-hydrogen) atoms. The molecule has 2 nitrogen and oxygen atoms in total. The van der Waals surface area contributed by atoms with Crippen molar-refractivity contribution in [2.24, 2.45) is 0 Å². The molecule has 4 heteroatoms. The molecule has 2 atom stereocenters. The summed E-state index contributed by atoms with van der Waals surface area (Å²) >= 11 is 7.38. The van der Waals surface area contributed by atoms with Crippen LogP contribution in [0.1, 0.15) is 28.8 Å². The molecule has 0 saturated carbocycles. The molecule has 3 rings (SSSR count). The maximum absolute atomic E-state index is 11.9. The second-order valence-corrected chi connectivity index (χ2v) is 6.40. The number of halogens is 1. The van der Waals surface area contributed by atoms with Crippen LogP contribution in [0.2, 0.25) is 5.02 Å². The van der Waals surface area contributed by atoms with E-state index >= 15 is 0 Å². The van der Waals surface area contributed by atoms with Crippen molar-refractivity contribution in [1.82, 2.24) is 5.32 Å². The van der Waals surface area contributed by atoms with Crippen LogP contribution in [0.4, 0.5) is 4.79 Å². The summed E-state index contributed by atoms with van der Waals surface area (Å²) < 4.78 is 0. The van der Waals surface area contributed by atoms with Gasteiger partial charge in [0.05, 0.1) is 6.04 Å². The molecule has 2 aromatic rings. The molecule has 1 amide bonds. The van der Waals surface area contributed by atoms with Gasteiger partial charge in [-0.25, -0.2) is 0 Å². The molecule has 1 fully saturated rings. The summed E-state index contributed by atoms with van der Waals surface area (Å²) in [5.74, 6) is 0. The first-order valence-electron chi connectivity index (χ1n) is 6.50. The van der Waals surface area contributed by atoms with Crippen molar-refractivity contribution in [2.45, 2.75) is 17.7 Å². The smallest absolute Gasteiger partial charge is 0.280 e. The van der Waals surface area contributed by atoms with Crippen molar-refractivity contribution in [3.63, 3.8) is 0 Å². The zero-order valence-corrected chi connectivity index (χ0v) is 12.3. The van der Waals surface area contributed by atoms with Gasteiger partial charge in [-0.05, 0) is 29.7 Å². The van der Waals surface area contributed by atoms with Crippen LogP contribution in [0.3, 0.4) is 0 Å². The van der Waals surface area contributed by atoms with Crippen molar-refractivity contribution in [3.8, 4) is 0 Å². The van der Waals surface area contributed by atoms with Crippen LogP contribution in [-0.2, 0) is 0 Å². The molecule has 1 aliphatic heterocycles. The van der Waals surface area contributed by atoms with Crippen molar-refractivity contribution >= 4 is 28.6 Å². The Bertz CT molecular complexity index is 617. The number of carbonyl (C=O) groups is 1. The first-order chi connectivity index (χ1) is 9.72. The molecular formula is C16H14ClNOS. The summed E-state index contributed by atoms with van der Waals surface area (Å²) in [5.41, 5.74) is 2.26. The molecule has 2 aromatic carbocycles. The monoisotopic (exact) mass is 303 g/mol. The number of benzene rings is 2. The number of hydrogen-bond donors (Lipinski definition) is 1. The topological polar surface area (TPSA) is 29.1 Å². The second-order valence-electron chi connectivity index (χ2n) is 4.79. The van der Waals surface area contributed by atoms with Crippen LogP contribution in [0.15, 0.2) is 54.6 Å². The number of thioether (sulfide) groups is 1. The van der Waals surface area contributed by atoms with Crippen LogP contribution < -0.4 is 5.32 Å². The predicted molar refractivity (Wildman–Crippen MR) is 84.1 cm³/mol. The molecule has 0 bridgehead atoms. The first kappa shape index (κ1) is 13.5. The summed E-state index contributed by atoms with van der Waals surface area (Å²) in [4.78, 5) is 11.9. The normalized spacial score (nSPS) is 22.4. The minimum Gasteiger partial charge on any atom is -0.340 e. The highest BCUT2D eigenvalue weighted by Crippen LogP contribution is 2.41. The fraction of sp³-hybridized carbons (Fsp3) is 0.188. The Balaban J connectivity index is 1.85. The van der Waals surface area contributed by atoms with Crippen LogP contribution >= 0.6 is 23.4 Å². The van der Waals surface area contributed by atoms with E-state index in [4.69, 9.17) is 11.6 Å². The number of amides is 1. The van der Waals surface area contributed by atoms with E-state index in [0.29, 0.717) is 5.02 Å². The van der Waals surface area contributed by atoms with Crippen molar-refractivity contribution < 1.29 is 4.79 Å². The molecule has 1 heterocycles. The Morgan fingerprint density at radius 2 is 1.80 bits per heavy atom. The van der Waals surface area contributed by atoms with E-state index in [0.717, 1.165) is 17.5 Å². The second kappa shape index (κ2) is 5.90. The minimum absolute atomic E-state index is 0.0232. The summed E-state index contributed by atoms with van der Waals surface area (Å²) in [6, 6.07) is 17.9. The van der Waals surface area contributed by atoms with Gasteiger partial charge in [0.25, 0.3) is 5.24 Å². The van der Waals surface area contributed by atoms with Crippen LogP contribution in [0.5, 0.6) is 0 Å². The molecule has 102 valence electrons. The standard InChI is InChI=1S/C16H14ClNOS/c17-13-8-4-7-12(9-13)15-10-14(18-16(19)20-15)11-5-2-1-3-6-11/h1-9,14-15H,10H2,(H,18,19)/t14-,15+/m0/s1. The largest absolute Gasteiger partial charge is 0.340 e. The summed E-state index contributed by atoms with van der Waals surface area (Å²) in [6.07, 6.45) is 0.876. The first-order valence-corrected chi connectivity index (χ1v) is 7.76. The number of hydrogen-bond acceptors (Lipinski definition) is 2.